The molecule has 1 atom stereocenters. The topological polar surface area (TPSA) is 58.6 Å². The van der Waals surface area contributed by atoms with Crippen molar-refractivity contribution in [1.82, 2.24) is 0 Å². The summed E-state index contributed by atoms with van der Waals surface area (Å²) in [4.78, 5) is 11.6. The molecule has 4 heteroatoms. The van der Waals surface area contributed by atoms with Gasteiger partial charge in [-0.1, -0.05) is 0 Å². The molecule has 0 radical (unpaired) electrons. The average Bonchev–Trinajstić information content (AvgIpc) is 2.74. The molecule has 4 nitrogen and oxygen atoms in total. The van der Waals surface area contributed by atoms with Gasteiger partial charge < -0.3 is 15.2 Å². The van der Waals surface area contributed by atoms with Crippen LogP contribution in [-0.4, -0.2) is 23.7 Å². The second-order valence-corrected chi connectivity index (χ2v) is 3.54. The van der Waals surface area contributed by atoms with Gasteiger partial charge in [-0.3, -0.25) is 4.79 Å². The summed E-state index contributed by atoms with van der Waals surface area (Å²) in [6, 6.07) is 6.38. The lowest BCUT2D eigenvalue weighted by molar-refractivity contribution is -0.124. The van der Waals surface area contributed by atoms with Gasteiger partial charge in [0.15, 0.2) is 0 Å². The van der Waals surface area contributed by atoms with Crippen LogP contribution in [0.4, 0.5) is 5.69 Å². The first-order chi connectivity index (χ1) is 7.25. The molecule has 0 aliphatic carbocycles. The van der Waals surface area contributed by atoms with Crippen molar-refractivity contribution in [1.29, 1.82) is 0 Å². The van der Waals surface area contributed by atoms with Crippen LogP contribution in [-0.2, 0) is 9.53 Å². The molecule has 15 heavy (non-hydrogen) atoms. The number of phenols is 1. The van der Waals surface area contributed by atoms with E-state index in [2.05, 4.69) is 5.32 Å². The molecule has 0 unspecified atom stereocenters. The summed E-state index contributed by atoms with van der Waals surface area (Å²) in [5, 5.41) is 11.8. The third-order valence-electron chi connectivity index (χ3n) is 2.36. The molecule has 0 aromatic heterocycles. The zero-order chi connectivity index (χ0) is 10.7. The fourth-order valence-corrected chi connectivity index (χ4v) is 1.55. The van der Waals surface area contributed by atoms with Crippen molar-refractivity contribution in [2.45, 2.75) is 18.9 Å². The first-order valence-corrected chi connectivity index (χ1v) is 4.97. The Hall–Kier alpha value is -1.55. The number of anilines is 1. The predicted octanol–water partition coefficient (Wildman–Crippen LogP) is 1.51. The number of rotatable bonds is 2. The summed E-state index contributed by atoms with van der Waals surface area (Å²) in [5.74, 6) is 0.0725. The first kappa shape index (κ1) is 9.98. The average molecular weight is 207 g/mol. The number of ether oxygens (including phenoxy) is 1. The molecule has 1 saturated heterocycles. The van der Waals surface area contributed by atoms with Crippen molar-refractivity contribution >= 4 is 11.6 Å². The minimum atomic E-state index is -0.321. The summed E-state index contributed by atoms with van der Waals surface area (Å²) < 4.78 is 5.25. The molecular formula is C11H13NO3. The Morgan fingerprint density at radius 1 is 1.40 bits per heavy atom. The van der Waals surface area contributed by atoms with E-state index in [0.29, 0.717) is 12.3 Å². The van der Waals surface area contributed by atoms with Gasteiger partial charge in [0.1, 0.15) is 11.9 Å². The summed E-state index contributed by atoms with van der Waals surface area (Å²) >= 11 is 0. The molecule has 1 aliphatic rings. The summed E-state index contributed by atoms with van der Waals surface area (Å²) in [5.41, 5.74) is 0.674. The van der Waals surface area contributed by atoms with Crippen LogP contribution in [0.5, 0.6) is 5.75 Å². The van der Waals surface area contributed by atoms with E-state index >= 15 is 0 Å². The predicted molar refractivity (Wildman–Crippen MR) is 55.7 cm³/mol. The normalized spacial score (nSPS) is 20.1. The number of carbonyl (C=O) groups is 1. The Balaban J connectivity index is 1.96. The minimum Gasteiger partial charge on any atom is -0.508 e. The van der Waals surface area contributed by atoms with Gasteiger partial charge in [0.2, 0.25) is 0 Å². The highest BCUT2D eigenvalue weighted by atomic mass is 16.5. The molecule has 1 aliphatic heterocycles. The Bertz CT molecular complexity index is 341. The molecule has 0 saturated carbocycles. The van der Waals surface area contributed by atoms with Crippen molar-refractivity contribution in [2.75, 3.05) is 11.9 Å². The lowest BCUT2D eigenvalue weighted by Gasteiger charge is -2.10. The highest BCUT2D eigenvalue weighted by molar-refractivity contribution is 5.94. The van der Waals surface area contributed by atoms with Crippen LogP contribution in [0.2, 0.25) is 0 Å². The van der Waals surface area contributed by atoms with E-state index in [4.69, 9.17) is 9.84 Å². The monoisotopic (exact) mass is 207 g/mol. The fourth-order valence-electron chi connectivity index (χ4n) is 1.55. The number of hydrogen-bond donors (Lipinski definition) is 2. The third kappa shape index (κ3) is 2.47. The van der Waals surface area contributed by atoms with Crippen molar-refractivity contribution in [3.05, 3.63) is 24.3 Å². The second-order valence-electron chi connectivity index (χ2n) is 3.54. The number of amides is 1. The lowest BCUT2D eigenvalue weighted by Crippen LogP contribution is -2.26. The molecular weight excluding hydrogens is 194 g/mol. The summed E-state index contributed by atoms with van der Waals surface area (Å²) in [6.45, 7) is 0.660. The number of carbonyl (C=O) groups excluding carboxylic acids is 1. The Kier molecular flexibility index (Phi) is 2.87. The molecule has 0 spiro atoms. The van der Waals surface area contributed by atoms with Gasteiger partial charge in [0.25, 0.3) is 5.91 Å². The lowest BCUT2D eigenvalue weighted by atomic mass is 10.2. The van der Waals surface area contributed by atoms with Gasteiger partial charge in [-0.15, -0.1) is 0 Å². The maximum absolute atomic E-state index is 11.6. The van der Waals surface area contributed by atoms with Crippen LogP contribution in [0, 0.1) is 0 Å². The molecule has 1 heterocycles. The van der Waals surface area contributed by atoms with Crippen LogP contribution in [0.1, 0.15) is 12.8 Å². The zero-order valence-corrected chi connectivity index (χ0v) is 8.27. The van der Waals surface area contributed by atoms with Crippen molar-refractivity contribution in [3.8, 4) is 5.75 Å². The number of phenolic OH excluding ortho intramolecular Hbond substituents is 1. The zero-order valence-electron chi connectivity index (χ0n) is 8.27. The quantitative estimate of drug-likeness (QED) is 0.723. The van der Waals surface area contributed by atoms with Gasteiger partial charge in [0, 0.05) is 12.3 Å². The number of hydrogen-bond acceptors (Lipinski definition) is 3. The molecule has 2 rings (SSSR count). The van der Waals surface area contributed by atoms with Crippen LogP contribution < -0.4 is 5.32 Å². The maximum Gasteiger partial charge on any atom is 0.253 e. The number of nitrogens with one attached hydrogen (secondary N) is 1. The Labute approximate surface area is 87.9 Å². The van der Waals surface area contributed by atoms with E-state index in [1.165, 1.54) is 12.1 Å². The second kappa shape index (κ2) is 4.31. The smallest absolute Gasteiger partial charge is 0.253 e. The first-order valence-electron chi connectivity index (χ1n) is 4.97. The van der Waals surface area contributed by atoms with E-state index < -0.39 is 0 Å². The van der Waals surface area contributed by atoms with Crippen molar-refractivity contribution < 1.29 is 14.6 Å². The van der Waals surface area contributed by atoms with E-state index in [1.54, 1.807) is 12.1 Å². The highest BCUT2D eigenvalue weighted by Crippen LogP contribution is 2.17. The van der Waals surface area contributed by atoms with Gasteiger partial charge >= 0.3 is 0 Å². The van der Waals surface area contributed by atoms with E-state index in [9.17, 15) is 4.79 Å². The van der Waals surface area contributed by atoms with Crippen molar-refractivity contribution in [2.24, 2.45) is 0 Å². The fraction of sp³-hybridized carbons (Fsp3) is 0.364. The van der Waals surface area contributed by atoms with Gasteiger partial charge in [0.05, 0.1) is 0 Å². The van der Waals surface area contributed by atoms with E-state index in [-0.39, 0.29) is 17.8 Å². The van der Waals surface area contributed by atoms with Crippen LogP contribution in [0.15, 0.2) is 24.3 Å². The van der Waals surface area contributed by atoms with Crippen LogP contribution in [0.3, 0.4) is 0 Å². The molecule has 2 N–H and O–H groups in total. The largest absolute Gasteiger partial charge is 0.508 e. The standard InChI is InChI=1S/C11H13NO3/c13-9-5-3-8(4-6-9)12-11(14)10-2-1-7-15-10/h3-6,10,13H,1-2,7H2,(H,12,14)/t10-/m1/s1. The molecule has 1 amide bonds. The summed E-state index contributed by atoms with van der Waals surface area (Å²) in [6.07, 6.45) is 1.40. The SMILES string of the molecule is O=C(Nc1ccc(O)cc1)[C@H]1CCCO1. The highest BCUT2D eigenvalue weighted by Gasteiger charge is 2.23. The molecule has 1 aromatic carbocycles. The van der Waals surface area contributed by atoms with E-state index in [0.717, 1.165) is 12.8 Å². The molecule has 80 valence electrons. The summed E-state index contributed by atoms with van der Waals surface area (Å²) in [7, 11) is 0. The van der Waals surface area contributed by atoms with Crippen LogP contribution in [0.25, 0.3) is 0 Å². The van der Waals surface area contributed by atoms with Crippen LogP contribution >= 0.6 is 0 Å². The van der Waals surface area contributed by atoms with Gasteiger partial charge in [-0.05, 0) is 37.1 Å². The van der Waals surface area contributed by atoms with Gasteiger partial charge in [-0.2, -0.15) is 0 Å². The Morgan fingerprint density at radius 2 is 2.13 bits per heavy atom. The maximum atomic E-state index is 11.6. The molecule has 0 bridgehead atoms. The third-order valence-corrected chi connectivity index (χ3v) is 2.36. The van der Waals surface area contributed by atoms with Gasteiger partial charge in [-0.25, -0.2) is 0 Å². The van der Waals surface area contributed by atoms with Crippen molar-refractivity contribution in [3.63, 3.8) is 0 Å². The molecule has 1 aromatic rings. The number of aromatic hydroxyl groups is 1. The molecule has 1 fully saturated rings. The van der Waals surface area contributed by atoms with E-state index in [1.807, 2.05) is 0 Å². The minimum absolute atomic E-state index is 0.113. The Morgan fingerprint density at radius 3 is 2.73 bits per heavy atom. The number of benzene rings is 1.